The second-order valence-electron chi connectivity index (χ2n) is 5.76. The van der Waals surface area contributed by atoms with Gasteiger partial charge in [-0.2, -0.15) is 0 Å². The highest BCUT2D eigenvalue weighted by atomic mass is 35.5. The van der Waals surface area contributed by atoms with Gasteiger partial charge in [0.25, 0.3) is 0 Å². The van der Waals surface area contributed by atoms with Gasteiger partial charge in [0.15, 0.2) is 0 Å². The van der Waals surface area contributed by atoms with Crippen molar-refractivity contribution in [1.29, 1.82) is 0 Å². The number of ether oxygens (including phenoxy) is 1. The van der Waals surface area contributed by atoms with Crippen LogP contribution in [0.3, 0.4) is 0 Å². The zero-order valence-corrected chi connectivity index (χ0v) is 16.1. The average molecular weight is 408 g/mol. The van der Waals surface area contributed by atoms with E-state index in [-0.39, 0.29) is 6.10 Å². The second kappa shape index (κ2) is 9.24. The third kappa shape index (κ3) is 5.61. The number of benzene rings is 2. The lowest BCUT2D eigenvalue weighted by Gasteiger charge is -2.16. The van der Waals surface area contributed by atoms with Crippen LogP contribution in [-0.2, 0) is 17.9 Å². The fraction of sp³-hybridized carbons (Fsp3) is 0.150. The number of nitrogens with zero attached hydrogens (tertiary/aromatic N) is 2. The number of halogens is 3. The lowest BCUT2D eigenvalue weighted by atomic mass is 10.2. The zero-order valence-electron chi connectivity index (χ0n) is 13.9. The minimum atomic E-state index is -0.147. The van der Waals surface area contributed by atoms with E-state index in [0.717, 1.165) is 11.1 Å². The maximum absolute atomic E-state index is 6.23. The molecule has 0 saturated heterocycles. The Hall–Kier alpha value is -1.78. The fourth-order valence-electron chi connectivity index (χ4n) is 2.40. The Labute approximate surface area is 167 Å². The lowest BCUT2D eigenvalue weighted by Crippen LogP contribution is -2.17. The molecule has 0 aliphatic heterocycles. The van der Waals surface area contributed by atoms with Gasteiger partial charge in [0.2, 0.25) is 0 Å². The van der Waals surface area contributed by atoms with Gasteiger partial charge >= 0.3 is 0 Å². The maximum Gasteiger partial charge on any atom is 0.0946 e. The average Bonchev–Trinajstić information content (AvgIpc) is 3.13. The van der Waals surface area contributed by atoms with E-state index in [1.165, 1.54) is 0 Å². The lowest BCUT2D eigenvalue weighted by molar-refractivity contribution is 0.0613. The van der Waals surface area contributed by atoms with Crippen molar-refractivity contribution in [2.24, 2.45) is 0 Å². The van der Waals surface area contributed by atoms with Gasteiger partial charge in [-0.25, -0.2) is 4.98 Å². The summed E-state index contributed by atoms with van der Waals surface area (Å²) in [4.78, 5) is 4.08. The van der Waals surface area contributed by atoms with Crippen molar-refractivity contribution in [1.82, 2.24) is 9.55 Å². The Morgan fingerprint density at radius 1 is 1.04 bits per heavy atom. The van der Waals surface area contributed by atoms with Gasteiger partial charge in [-0.3, -0.25) is 0 Å². The van der Waals surface area contributed by atoms with E-state index in [9.17, 15) is 0 Å². The van der Waals surface area contributed by atoms with E-state index in [2.05, 4.69) is 4.98 Å². The van der Waals surface area contributed by atoms with Crippen molar-refractivity contribution in [3.05, 3.63) is 93.5 Å². The highest BCUT2D eigenvalue weighted by molar-refractivity contribution is 6.35. The summed E-state index contributed by atoms with van der Waals surface area (Å²) in [7, 11) is 0. The summed E-state index contributed by atoms with van der Waals surface area (Å²) in [5.41, 5.74) is 1.95. The molecule has 1 aromatic heterocycles. The molecule has 3 nitrogen and oxygen atoms in total. The molecule has 26 heavy (non-hydrogen) atoms. The minimum Gasteiger partial charge on any atom is -0.368 e. The van der Waals surface area contributed by atoms with E-state index >= 15 is 0 Å². The first-order chi connectivity index (χ1) is 12.6. The first-order valence-corrected chi connectivity index (χ1v) is 9.18. The Balaban J connectivity index is 1.71. The van der Waals surface area contributed by atoms with Crippen LogP contribution in [0.1, 0.15) is 11.1 Å². The van der Waals surface area contributed by atoms with Gasteiger partial charge in [-0.1, -0.05) is 65.2 Å². The van der Waals surface area contributed by atoms with Crippen molar-refractivity contribution in [3.8, 4) is 0 Å². The van der Waals surface area contributed by atoms with Crippen LogP contribution in [0.25, 0.3) is 6.08 Å². The Kier molecular flexibility index (Phi) is 6.75. The summed E-state index contributed by atoms with van der Waals surface area (Å²) < 4.78 is 8.05. The molecule has 0 aliphatic rings. The molecule has 0 aliphatic carbocycles. The van der Waals surface area contributed by atoms with Gasteiger partial charge in [0, 0.05) is 27.5 Å². The third-order valence-corrected chi connectivity index (χ3v) is 4.63. The van der Waals surface area contributed by atoms with Crippen LogP contribution in [0.15, 0.2) is 67.3 Å². The Morgan fingerprint density at radius 3 is 2.50 bits per heavy atom. The zero-order chi connectivity index (χ0) is 18.4. The molecule has 0 saturated carbocycles. The quantitative estimate of drug-likeness (QED) is 0.470. The minimum absolute atomic E-state index is 0.147. The highest BCUT2D eigenvalue weighted by Gasteiger charge is 2.09. The smallest absolute Gasteiger partial charge is 0.0946 e. The molecule has 6 heteroatoms. The van der Waals surface area contributed by atoms with E-state index in [1.807, 2.05) is 53.2 Å². The third-order valence-electron chi connectivity index (χ3n) is 3.79. The molecule has 3 rings (SSSR count). The van der Waals surface area contributed by atoms with Gasteiger partial charge in [-0.15, -0.1) is 0 Å². The number of hydrogen-bond donors (Lipinski definition) is 0. The molecule has 0 spiro atoms. The van der Waals surface area contributed by atoms with Crippen LogP contribution < -0.4 is 0 Å². The highest BCUT2D eigenvalue weighted by Crippen LogP contribution is 2.22. The molecule has 0 radical (unpaired) electrons. The maximum atomic E-state index is 6.23. The van der Waals surface area contributed by atoms with Crippen LogP contribution in [0, 0.1) is 0 Å². The SMILES string of the molecule is Clc1ccc(/C=C/C(Cn2ccnc2)OCc2ccc(Cl)cc2Cl)cc1. The van der Waals surface area contributed by atoms with Crippen LogP contribution in [-0.4, -0.2) is 15.7 Å². The molecule has 1 heterocycles. The van der Waals surface area contributed by atoms with Crippen LogP contribution >= 0.6 is 34.8 Å². The molecule has 0 N–H and O–H groups in total. The summed E-state index contributed by atoms with van der Waals surface area (Å²) in [5.74, 6) is 0. The van der Waals surface area contributed by atoms with E-state index < -0.39 is 0 Å². The van der Waals surface area contributed by atoms with E-state index in [1.54, 1.807) is 24.7 Å². The first kappa shape index (κ1) is 19.0. The normalized spacial score (nSPS) is 12.6. The fourth-order valence-corrected chi connectivity index (χ4v) is 2.99. The van der Waals surface area contributed by atoms with E-state index in [4.69, 9.17) is 39.5 Å². The Bertz CT molecular complexity index is 861. The van der Waals surface area contributed by atoms with Crippen molar-refractivity contribution in [2.45, 2.75) is 19.3 Å². The number of rotatable bonds is 7. The second-order valence-corrected chi connectivity index (χ2v) is 7.04. The molecule has 1 atom stereocenters. The number of imidazole rings is 1. The summed E-state index contributed by atoms with van der Waals surface area (Å²) in [5, 5.41) is 1.92. The van der Waals surface area contributed by atoms with Crippen LogP contribution in [0.4, 0.5) is 0 Å². The summed E-state index contributed by atoms with van der Waals surface area (Å²) in [6.45, 7) is 1.04. The van der Waals surface area contributed by atoms with Gasteiger partial charge in [0.05, 0.1) is 25.6 Å². The topological polar surface area (TPSA) is 27.1 Å². The van der Waals surface area contributed by atoms with Crippen LogP contribution in [0.5, 0.6) is 0 Å². The number of aromatic nitrogens is 2. The summed E-state index contributed by atoms with van der Waals surface area (Å²) in [6.07, 6.45) is 9.31. The molecule has 0 bridgehead atoms. The Morgan fingerprint density at radius 2 is 1.81 bits per heavy atom. The van der Waals surface area contributed by atoms with Crippen LogP contribution in [0.2, 0.25) is 15.1 Å². The largest absolute Gasteiger partial charge is 0.368 e. The molecule has 0 amide bonds. The summed E-state index contributed by atoms with van der Waals surface area (Å²) >= 11 is 18.1. The van der Waals surface area contributed by atoms with Gasteiger partial charge in [0.1, 0.15) is 0 Å². The van der Waals surface area contributed by atoms with Crippen molar-refractivity contribution >= 4 is 40.9 Å². The molecule has 1 unspecified atom stereocenters. The molecule has 0 fully saturated rings. The number of hydrogen-bond acceptors (Lipinski definition) is 2. The van der Waals surface area contributed by atoms with E-state index in [0.29, 0.717) is 28.2 Å². The molecular weight excluding hydrogens is 391 g/mol. The van der Waals surface area contributed by atoms with Gasteiger partial charge in [-0.05, 0) is 35.4 Å². The van der Waals surface area contributed by atoms with Crippen molar-refractivity contribution < 1.29 is 4.74 Å². The van der Waals surface area contributed by atoms with Gasteiger partial charge < -0.3 is 9.30 Å². The monoisotopic (exact) mass is 406 g/mol. The first-order valence-electron chi connectivity index (χ1n) is 8.05. The molecule has 3 aromatic rings. The predicted molar refractivity (Wildman–Crippen MR) is 108 cm³/mol. The molecular formula is C20H17Cl3N2O. The predicted octanol–water partition coefficient (Wildman–Crippen LogP) is 6.14. The van der Waals surface area contributed by atoms with Crippen molar-refractivity contribution in [3.63, 3.8) is 0 Å². The molecule has 2 aromatic carbocycles. The summed E-state index contributed by atoms with van der Waals surface area (Å²) in [6, 6.07) is 13.0. The van der Waals surface area contributed by atoms with Crippen molar-refractivity contribution in [2.75, 3.05) is 0 Å². The standard InChI is InChI=1S/C20H17Cl3N2O/c21-17-5-1-15(2-6-17)3-8-19(12-25-10-9-24-14-25)26-13-16-4-7-18(22)11-20(16)23/h1-11,14,19H,12-13H2/b8-3+. The molecule has 134 valence electrons.